The Labute approximate surface area is 107 Å². The zero-order valence-electron chi connectivity index (χ0n) is 10.6. The molecule has 1 saturated heterocycles. The van der Waals surface area contributed by atoms with E-state index in [9.17, 15) is 5.11 Å². The number of hydrogen-bond donors (Lipinski definition) is 1. The van der Waals surface area contributed by atoms with Crippen molar-refractivity contribution in [3.05, 3.63) is 29.8 Å². The third-order valence-electron chi connectivity index (χ3n) is 3.84. The van der Waals surface area contributed by atoms with Gasteiger partial charge in [0.05, 0.1) is 19.3 Å². The van der Waals surface area contributed by atoms with Gasteiger partial charge in [0.2, 0.25) is 0 Å². The van der Waals surface area contributed by atoms with Crippen molar-refractivity contribution >= 4 is 0 Å². The largest absolute Gasteiger partial charge is 0.474 e. The van der Waals surface area contributed by atoms with Crippen molar-refractivity contribution in [1.82, 2.24) is 4.90 Å². The highest BCUT2D eigenvalue weighted by atomic mass is 16.5. The molecule has 1 fully saturated rings. The summed E-state index contributed by atoms with van der Waals surface area (Å²) in [5.41, 5.74) is 0.898. The summed E-state index contributed by atoms with van der Waals surface area (Å²) in [7, 11) is 0. The van der Waals surface area contributed by atoms with Crippen LogP contribution in [0.15, 0.2) is 24.3 Å². The Kier molecular flexibility index (Phi) is 3.24. The first-order valence-electron chi connectivity index (χ1n) is 6.53. The second kappa shape index (κ2) is 4.88. The second-order valence-corrected chi connectivity index (χ2v) is 5.00. The Morgan fingerprint density at radius 3 is 2.72 bits per heavy atom. The summed E-state index contributed by atoms with van der Waals surface area (Å²) in [5, 5.41) is 10.4. The summed E-state index contributed by atoms with van der Waals surface area (Å²) in [4.78, 5) is 2.26. The quantitative estimate of drug-likeness (QED) is 0.817. The molecule has 1 N–H and O–H groups in total. The molecule has 0 unspecified atom stereocenters. The molecular weight excluding hydrogens is 230 g/mol. The molecule has 4 nitrogen and oxygen atoms in total. The fourth-order valence-corrected chi connectivity index (χ4v) is 2.75. The first-order valence-corrected chi connectivity index (χ1v) is 6.53. The molecule has 0 radical (unpaired) electrons. The van der Waals surface area contributed by atoms with E-state index in [1.807, 2.05) is 31.2 Å². The van der Waals surface area contributed by atoms with Gasteiger partial charge in [-0.1, -0.05) is 25.1 Å². The fraction of sp³-hybridized carbons (Fsp3) is 0.571. The molecule has 0 aromatic heterocycles. The van der Waals surface area contributed by atoms with E-state index in [1.54, 1.807) is 0 Å². The van der Waals surface area contributed by atoms with Crippen molar-refractivity contribution in [2.24, 2.45) is 5.92 Å². The first kappa shape index (κ1) is 12.0. The van der Waals surface area contributed by atoms with Gasteiger partial charge in [-0.05, 0) is 6.07 Å². The topological polar surface area (TPSA) is 41.9 Å². The Morgan fingerprint density at radius 1 is 1.22 bits per heavy atom. The van der Waals surface area contributed by atoms with Crippen LogP contribution in [0.4, 0.5) is 0 Å². The van der Waals surface area contributed by atoms with Crippen LogP contribution < -0.4 is 4.74 Å². The minimum Gasteiger partial charge on any atom is -0.474 e. The highest BCUT2D eigenvalue weighted by Gasteiger charge is 2.37. The summed E-state index contributed by atoms with van der Waals surface area (Å²) in [5.74, 6) is 0.873. The minimum absolute atomic E-state index is 0.0567. The molecule has 1 aromatic carbocycles. The van der Waals surface area contributed by atoms with Gasteiger partial charge in [-0.3, -0.25) is 4.90 Å². The predicted molar refractivity (Wildman–Crippen MR) is 67.4 cm³/mol. The van der Waals surface area contributed by atoms with Crippen molar-refractivity contribution < 1.29 is 14.6 Å². The molecule has 4 heteroatoms. The Morgan fingerprint density at radius 2 is 1.94 bits per heavy atom. The Bertz CT molecular complexity index is 417. The summed E-state index contributed by atoms with van der Waals surface area (Å²) < 4.78 is 11.4. The van der Waals surface area contributed by atoms with Gasteiger partial charge in [-0.2, -0.15) is 0 Å². The van der Waals surface area contributed by atoms with Gasteiger partial charge in [0.25, 0.3) is 0 Å². The maximum absolute atomic E-state index is 10.4. The van der Waals surface area contributed by atoms with E-state index in [2.05, 4.69) is 4.90 Å². The van der Waals surface area contributed by atoms with Crippen LogP contribution in [-0.2, 0) is 4.74 Å². The second-order valence-electron chi connectivity index (χ2n) is 5.00. The lowest BCUT2D eigenvalue weighted by atomic mass is 9.91. The highest BCUT2D eigenvalue weighted by Crippen LogP contribution is 2.39. The number of rotatable bonds is 1. The number of hydrogen-bond acceptors (Lipinski definition) is 4. The zero-order valence-corrected chi connectivity index (χ0v) is 10.6. The molecule has 0 saturated carbocycles. The number of aliphatic hydroxyl groups is 1. The van der Waals surface area contributed by atoms with Gasteiger partial charge >= 0.3 is 0 Å². The molecule has 0 spiro atoms. The van der Waals surface area contributed by atoms with E-state index in [0.717, 1.165) is 37.6 Å². The number of morpholine rings is 1. The van der Waals surface area contributed by atoms with Crippen molar-refractivity contribution in [2.45, 2.75) is 19.3 Å². The summed E-state index contributed by atoms with van der Waals surface area (Å²) in [6, 6.07) is 7.75. The van der Waals surface area contributed by atoms with E-state index < -0.39 is 6.10 Å². The van der Waals surface area contributed by atoms with Crippen LogP contribution in [0.2, 0.25) is 0 Å². The Hall–Kier alpha value is -1.10. The van der Waals surface area contributed by atoms with Crippen LogP contribution in [0.5, 0.6) is 5.75 Å². The molecule has 0 aliphatic carbocycles. The number of fused-ring (bicyclic) bond motifs is 1. The van der Waals surface area contributed by atoms with Crippen molar-refractivity contribution in [1.29, 1.82) is 0 Å². The summed E-state index contributed by atoms with van der Waals surface area (Å²) in [6.07, 6.45) is -0.512. The molecule has 3 rings (SSSR count). The van der Waals surface area contributed by atoms with E-state index in [-0.39, 0.29) is 12.1 Å². The van der Waals surface area contributed by atoms with E-state index in [4.69, 9.17) is 9.47 Å². The number of nitrogens with zero attached hydrogens (tertiary/aromatic N) is 1. The maximum atomic E-state index is 10.4. The average Bonchev–Trinajstić information content (AvgIpc) is 2.44. The lowest BCUT2D eigenvalue weighted by Gasteiger charge is -2.42. The van der Waals surface area contributed by atoms with Gasteiger partial charge in [0.1, 0.15) is 5.75 Å². The number of benzene rings is 1. The predicted octanol–water partition coefficient (Wildman–Crippen LogP) is 1.41. The van der Waals surface area contributed by atoms with Crippen LogP contribution in [-0.4, -0.2) is 42.5 Å². The molecule has 2 aliphatic heterocycles. The molecule has 18 heavy (non-hydrogen) atoms. The van der Waals surface area contributed by atoms with Crippen molar-refractivity contribution in [3.8, 4) is 5.75 Å². The third-order valence-corrected chi connectivity index (χ3v) is 3.84. The van der Waals surface area contributed by atoms with Crippen LogP contribution in [0.25, 0.3) is 0 Å². The molecule has 98 valence electrons. The molecule has 0 amide bonds. The molecule has 2 aliphatic rings. The third kappa shape index (κ3) is 2.00. The monoisotopic (exact) mass is 249 g/mol. The van der Waals surface area contributed by atoms with Crippen LogP contribution in [0.3, 0.4) is 0 Å². The van der Waals surface area contributed by atoms with Gasteiger partial charge in [0.15, 0.2) is 6.23 Å². The van der Waals surface area contributed by atoms with Crippen molar-refractivity contribution in [3.63, 3.8) is 0 Å². The zero-order chi connectivity index (χ0) is 12.5. The molecule has 2 heterocycles. The lowest BCUT2D eigenvalue weighted by Crippen LogP contribution is -2.52. The van der Waals surface area contributed by atoms with Crippen LogP contribution >= 0.6 is 0 Å². The summed E-state index contributed by atoms with van der Waals surface area (Å²) >= 11 is 0. The smallest absolute Gasteiger partial charge is 0.158 e. The van der Waals surface area contributed by atoms with Gasteiger partial charge in [0, 0.05) is 24.6 Å². The summed E-state index contributed by atoms with van der Waals surface area (Å²) in [6.45, 7) is 5.25. The van der Waals surface area contributed by atoms with Gasteiger partial charge in [-0.25, -0.2) is 0 Å². The normalized spacial score (nSPS) is 32.7. The fourth-order valence-electron chi connectivity index (χ4n) is 2.75. The van der Waals surface area contributed by atoms with Crippen LogP contribution in [0.1, 0.15) is 18.6 Å². The van der Waals surface area contributed by atoms with E-state index >= 15 is 0 Å². The van der Waals surface area contributed by atoms with Gasteiger partial charge in [-0.15, -0.1) is 0 Å². The molecule has 1 aromatic rings. The Balaban J connectivity index is 1.85. The SMILES string of the molecule is C[C@H]1[C@H](O)c2ccccc2O[C@@H]1N1CCOCC1. The molecule has 0 bridgehead atoms. The van der Waals surface area contributed by atoms with Gasteiger partial charge < -0.3 is 14.6 Å². The molecule has 3 atom stereocenters. The number of para-hydroxylation sites is 1. The maximum Gasteiger partial charge on any atom is 0.158 e. The number of aliphatic hydroxyl groups excluding tert-OH is 1. The standard InChI is InChI=1S/C14H19NO3/c1-10-13(16)11-4-2-3-5-12(11)18-14(10)15-6-8-17-9-7-15/h2-5,10,13-14,16H,6-9H2,1H3/t10-,13-,14-/m0/s1. The van der Waals surface area contributed by atoms with Crippen LogP contribution in [0, 0.1) is 5.92 Å². The van der Waals surface area contributed by atoms with E-state index in [0.29, 0.717) is 0 Å². The lowest BCUT2D eigenvalue weighted by molar-refractivity contribution is -0.106. The highest BCUT2D eigenvalue weighted by molar-refractivity contribution is 5.37. The van der Waals surface area contributed by atoms with E-state index in [1.165, 1.54) is 0 Å². The minimum atomic E-state index is -0.456. The number of ether oxygens (including phenoxy) is 2. The first-order chi connectivity index (χ1) is 8.77. The average molecular weight is 249 g/mol. The van der Waals surface area contributed by atoms with Crippen molar-refractivity contribution in [2.75, 3.05) is 26.3 Å². The molecular formula is C14H19NO3.